The predicted molar refractivity (Wildman–Crippen MR) is 101 cm³/mol. The van der Waals surface area contributed by atoms with Gasteiger partial charge >= 0.3 is 5.97 Å². The van der Waals surface area contributed by atoms with E-state index in [-0.39, 0.29) is 11.4 Å². The minimum absolute atomic E-state index is 0.0957. The maximum absolute atomic E-state index is 11.4. The van der Waals surface area contributed by atoms with Crippen molar-refractivity contribution in [1.29, 1.82) is 5.41 Å². The summed E-state index contributed by atoms with van der Waals surface area (Å²) in [6.45, 7) is 0. The summed E-state index contributed by atoms with van der Waals surface area (Å²) in [6.07, 6.45) is 2.97. The predicted octanol–water partition coefficient (Wildman–Crippen LogP) is 3.07. The number of carboxylic acids is 1. The first-order valence-electron chi connectivity index (χ1n) is 7.87. The van der Waals surface area contributed by atoms with Gasteiger partial charge in [-0.25, -0.2) is 9.79 Å². The Morgan fingerprint density at radius 2 is 1.85 bits per heavy atom. The van der Waals surface area contributed by atoms with Crippen molar-refractivity contribution in [2.24, 2.45) is 4.99 Å². The minimum atomic E-state index is -1.13. The van der Waals surface area contributed by atoms with Crippen LogP contribution in [0.2, 0.25) is 0 Å². The Morgan fingerprint density at radius 3 is 2.46 bits per heavy atom. The van der Waals surface area contributed by atoms with Gasteiger partial charge in [0.1, 0.15) is 11.6 Å². The summed E-state index contributed by atoms with van der Waals surface area (Å²) in [5, 5.41) is 20.6. The van der Waals surface area contributed by atoms with Crippen molar-refractivity contribution >= 4 is 23.1 Å². The molecule has 0 saturated heterocycles. The number of carboxylic acid groups (broad SMARTS) is 1. The van der Waals surface area contributed by atoms with Crippen LogP contribution in [0.3, 0.4) is 0 Å². The fraction of sp³-hybridized carbons (Fsp3) is 0.0500. The van der Waals surface area contributed by atoms with E-state index in [1.165, 1.54) is 12.2 Å². The number of hydrogen-bond acceptors (Lipinski definition) is 5. The van der Waals surface area contributed by atoms with E-state index >= 15 is 0 Å². The number of benzene rings is 2. The molecular formula is C20H17N3O3. The van der Waals surface area contributed by atoms with Crippen LogP contribution >= 0.6 is 0 Å². The Labute approximate surface area is 150 Å². The molecule has 0 aromatic heterocycles. The van der Waals surface area contributed by atoms with E-state index in [1.807, 2.05) is 42.5 Å². The Morgan fingerprint density at radius 1 is 1.15 bits per heavy atom. The van der Waals surface area contributed by atoms with E-state index in [0.717, 1.165) is 11.1 Å². The molecule has 1 heterocycles. The van der Waals surface area contributed by atoms with Crippen LogP contribution in [0.25, 0.3) is 5.70 Å². The molecule has 6 nitrogen and oxygen atoms in total. The smallest absolute Gasteiger partial charge is 0.354 e. The molecule has 0 spiro atoms. The number of methoxy groups -OCH3 is 1. The maximum atomic E-state index is 11.4. The first-order chi connectivity index (χ1) is 12.6. The molecule has 0 fully saturated rings. The van der Waals surface area contributed by atoms with Gasteiger partial charge in [0.15, 0.2) is 5.71 Å². The van der Waals surface area contributed by atoms with Crippen LogP contribution in [0.1, 0.15) is 11.1 Å². The number of hydrogen-bond donors (Lipinski definition) is 3. The van der Waals surface area contributed by atoms with Crippen molar-refractivity contribution in [1.82, 2.24) is 5.32 Å². The number of allylic oxidation sites excluding steroid dienone is 1. The standard InChI is InChI=1S/C20H17N3O3/c1-26-15-9-7-14(8-10-15)17-12-18(20(24)25)23-19(22-17)11-16(21)13-5-3-2-4-6-13/h2-12,21-22H,1H3,(H,24,25)/b19-11+,21-16?. The number of rotatable bonds is 5. The van der Waals surface area contributed by atoms with Crippen molar-refractivity contribution in [3.05, 3.63) is 83.7 Å². The third-order valence-electron chi connectivity index (χ3n) is 3.77. The molecule has 2 aromatic carbocycles. The summed E-state index contributed by atoms with van der Waals surface area (Å²) in [5.41, 5.74) is 2.23. The maximum Gasteiger partial charge on any atom is 0.354 e. The quantitative estimate of drug-likeness (QED) is 0.725. The van der Waals surface area contributed by atoms with Crippen LogP contribution in [-0.4, -0.2) is 29.6 Å². The summed E-state index contributed by atoms with van der Waals surface area (Å²) in [4.78, 5) is 15.5. The lowest BCUT2D eigenvalue weighted by molar-refractivity contribution is -0.129. The first kappa shape index (κ1) is 17.2. The van der Waals surface area contributed by atoms with Gasteiger partial charge in [-0.1, -0.05) is 30.3 Å². The van der Waals surface area contributed by atoms with Gasteiger partial charge in [0.2, 0.25) is 0 Å². The minimum Gasteiger partial charge on any atom is -0.497 e. The summed E-state index contributed by atoms with van der Waals surface area (Å²) < 4.78 is 5.14. The van der Waals surface area contributed by atoms with Crippen molar-refractivity contribution in [3.8, 4) is 5.75 Å². The first-order valence-corrected chi connectivity index (χ1v) is 7.87. The van der Waals surface area contributed by atoms with Gasteiger partial charge < -0.3 is 20.6 Å². The zero-order chi connectivity index (χ0) is 18.5. The van der Waals surface area contributed by atoms with Crippen molar-refractivity contribution in [2.75, 3.05) is 7.11 Å². The topological polar surface area (TPSA) is 94.8 Å². The zero-order valence-corrected chi connectivity index (χ0v) is 14.1. The average molecular weight is 347 g/mol. The molecule has 130 valence electrons. The Hall–Kier alpha value is -3.67. The lowest BCUT2D eigenvalue weighted by Gasteiger charge is -2.17. The molecule has 0 radical (unpaired) electrons. The third kappa shape index (κ3) is 3.87. The number of carbonyl (C=O) groups is 1. The van der Waals surface area contributed by atoms with Crippen LogP contribution in [0.15, 0.2) is 77.6 Å². The number of nitrogens with zero attached hydrogens (tertiary/aromatic N) is 1. The van der Waals surface area contributed by atoms with Gasteiger partial charge in [-0.3, -0.25) is 0 Å². The van der Waals surface area contributed by atoms with E-state index in [1.54, 1.807) is 19.2 Å². The van der Waals surface area contributed by atoms with Crippen molar-refractivity contribution in [3.63, 3.8) is 0 Å². The molecule has 0 atom stereocenters. The second kappa shape index (κ2) is 7.48. The lowest BCUT2D eigenvalue weighted by atomic mass is 10.1. The van der Waals surface area contributed by atoms with E-state index < -0.39 is 5.97 Å². The molecule has 2 aromatic rings. The number of aliphatic carboxylic acids is 1. The largest absolute Gasteiger partial charge is 0.497 e. The number of ether oxygens (including phenoxy) is 1. The summed E-state index contributed by atoms with van der Waals surface area (Å²) in [5.74, 6) is -0.127. The van der Waals surface area contributed by atoms with Gasteiger partial charge in [-0.2, -0.15) is 0 Å². The number of aliphatic imine (C=N–C) groups is 1. The Bertz CT molecular complexity index is 927. The summed E-state index contributed by atoms with van der Waals surface area (Å²) >= 11 is 0. The zero-order valence-electron chi connectivity index (χ0n) is 14.1. The van der Waals surface area contributed by atoms with Crippen molar-refractivity contribution < 1.29 is 14.6 Å². The molecule has 6 heteroatoms. The second-order valence-corrected chi connectivity index (χ2v) is 5.52. The van der Waals surface area contributed by atoms with E-state index in [0.29, 0.717) is 17.3 Å². The van der Waals surface area contributed by atoms with Gasteiger partial charge in [0.25, 0.3) is 0 Å². The van der Waals surface area contributed by atoms with Gasteiger partial charge in [0, 0.05) is 11.8 Å². The highest BCUT2D eigenvalue weighted by Crippen LogP contribution is 2.21. The fourth-order valence-corrected chi connectivity index (χ4v) is 2.44. The van der Waals surface area contributed by atoms with E-state index in [2.05, 4.69) is 10.3 Å². The lowest BCUT2D eigenvalue weighted by Crippen LogP contribution is -2.23. The number of nitrogens with one attached hydrogen (secondary N) is 2. The third-order valence-corrected chi connectivity index (χ3v) is 3.77. The second-order valence-electron chi connectivity index (χ2n) is 5.52. The van der Waals surface area contributed by atoms with E-state index in [9.17, 15) is 9.90 Å². The van der Waals surface area contributed by atoms with Crippen LogP contribution in [0, 0.1) is 5.41 Å². The van der Waals surface area contributed by atoms with Gasteiger partial charge in [0.05, 0.1) is 12.8 Å². The molecule has 1 aliphatic heterocycles. The van der Waals surface area contributed by atoms with Crippen LogP contribution in [-0.2, 0) is 4.79 Å². The van der Waals surface area contributed by atoms with Crippen LogP contribution in [0.4, 0.5) is 0 Å². The molecule has 0 bridgehead atoms. The monoisotopic (exact) mass is 347 g/mol. The highest BCUT2D eigenvalue weighted by Gasteiger charge is 2.17. The molecule has 1 aliphatic rings. The molecule has 0 aliphatic carbocycles. The van der Waals surface area contributed by atoms with E-state index in [4.69, 9.17) is 10.1 Å². The molecule has 0 saturated carbocycles. The van der Waals surface area contributed by atoms with Crippen molar-refractivity contribution in [2.45, 2.75) is 0 Å². The SMILES string of the molecule is COc1ccc(C2=CC(C(=O)O)=N/C(=C/C(=N)c3ccccc3)N2)cc1. The Kier molecular flexibility index (Phi) is 4.94. The molecule has 0 unspecified atom stereocenters. The Balaban J connectivity index is 1.93. The highest BCUT2D eigenvalue weighted by molar-refractivity contribution is 6.42. The van der Waals surface area contributed by atoms with Crippen LogP contribution in [0.5, 0.6) is 5.75 Å². The van der Waals surface area contributed by atoms with Gasteiger partial charge in [-0.05, 0) is 41.5 Å². The molecule has 3 N–H and O–H groups in total. The molecule has 26 heavy (non-hydrogen) atoms. The normalized spacial score (nSPS) is 14.9. The molecular weight excluding hydrogens is 330 g/mol. The summed E-state index contributed by atoms with van der Waals surface area (Å²) in [6, 6.07) is 16.4. The summed E-state index contributed by atoms with van der Waals surface area (Å²) in [7, 11) is 1.58. The molecule has 0 amide bonds. The highest BCUT2D eigenvalue weighted by atomic mass is 16.5. The fourth-order valence-electron chi connectivity index (χ4n) is 2.44. The molecule has 3 rings (SSSR count). The van der Waals surface area contributed by atoms with Gasteiger partial charge in [-0.15, -0.1) is 0 Å². The average Bonchev–Trinajstić information content (AvgIpc) is 2.68. The van der Waals surface area contributed by atoms with Crippen LogP contribution < -0.4 is 10.1 Å².